The zero-order valence-electron chi connectivity index (χ0n) is 26.9. The van der Waals surface area contributed by atoms with Gasteiger partial charge in [0.25, 0.3) is 0 Å². The fraction of sp³-hybridized carbons (Fsp3) is 0.500. The number of carboxylic acids is 1. The number of unbranched alkanes of at least 4 members (excludes halogenated alkanes) is 9. The third kappa shape index (κ3) is 13.5. The molecule has 0 radical (unpaired) electrons. The Labute approximate surface area is 266 Å². The maximum atomic E-state index is 10.5. The van der Waals surface area contributed by atoms with Crippen molar-refractivity contribution >= 4 is 16.9 Å². The predicted molar refractivity (Wildman–Crippen MR) is 176 cm³/mol. The van der Waals surface area contributed by atoms with Gasteiger partial charge >= 0.3 is 6.18 Å². The van der Waals surface area contributed by atoms with E-state index in [2.05, 4.69) is 93.6 Å². The third-order valence-corrected chi connectivity index (χ3v) is 10.0. The number of benzene rings is 3. The minimum atomic E-state index is -5.19. The highest BCUT2D eigenvalue weighted by molar-refractivity contribution is 7.97. The molecule has 242 valence electrons. The Bertz CT molecular complexity index is 1120. The van der Waals surface area contributed by atoms with E-state index in [-0.39, 0.29) is 10.9 Å². The van der Waals surface area contributed by atoms with Gasteiger partial charge in [-0.3, -0.25) is 0 Å². The van der Waals surface area contributed by atoms with Crippen molar-refractivity contribution in [3.8, 4) is 0 Å². The molecule has 0 amide bonds. The molecule has 0 saturated carbocycles. The summed E-state index contributed by atoms with van der Waals surface area (Å²) in [4.78, 5) is 13.3. The Balaban J connectivity index is 0.000000860. The van der Waals surface area contributed by atoms with Crippen LogP contribution < -0.4 is 5.11 Å². The van der Waals surface area contributed by atoms with Gasteiger partial charge in [-0.15, -0.1) is 0 Å². The molecular formula is C38H51F3O2S. The van der Waals surface area contributed by atoms with E-state index in [1.165, 1.54) is 106 Å². The van der Waals surface area contributed by atoms with Crippen molar-refractivity contribution in [1.29, 1.82) is 0 Å². The number of aliphatic carboxylic acids is 1. The second-order valence-corrected chi connectivity index (χ2v) is 13.4. The fourth-order valence-electron chi connectivity index (χ4n) is 5.33. The van der Waals surface area contributed by atoms with Gasteiger partial charge in [-0.2, -0.15) is 13.2 Å². The van der Waals surface area contributed by atoms with E-state index in [4.69, 9.17) is 9.90 Å². The summed E-state index contributed by atoms with van der Waals surface area (Å²) in [7, 11) is -0.0692. The van der Waals surface area contributed by atoms with Crippen molar-refractivity contribution < 1.29 is 23.1 Å². The van der Waals surface area contributed by atoms with Crippen molar-refractivity contribution in [2.45, 2.75) is 138 Å². The first-order valence-corrected chi connectivity index (χ1v) is 17.7. The van der Waals surface area contributed by atoms with Gasteiger partial charge in [0.15, 0.2) is 14.7 Å². The van der Waals surface area contributed by atoms with Crippen LogP contribution in [0.4, 0.5) is 13.2 Å². The van der Waals surface area contributed by atoms with Crippen LogP contribution in [0.1, 0.15) is 115 Å². The lowest BCUT2D eigenvalue weighted by atomic mass is 9.95. The molecule has 0 bridgehead atoms. The molecule has 0 aliphatic rings. The van der Waals surface area contributed by atoms with E-state index < -0.39 is 12.1 Å². The van der Waals surface area contributed by atoms with Crippen LogP contribution in [0.2, 0.25) is 0 Å². The summed E-state index contributed by atoms with van der Waals surface area (Å²) >= 11 is 0. The molecule has 3 aromatic carbocycles. The molecule has 0 saturated heterocycles. The first-order valence-electron chi connectivity index (χ1n) is 16.5. The first-order chi connectivity index (χ1) is 21.2. The minimum absolute atomic E-state index is 0.0692. The number of halogens is 3. The average molecular weight is 629 g/mol. The van der Waals surface area contributed by atoms with Gasteiger partial charge in [-0.1, -0.05) is 127 Å². The lowest BCUT2D eigenvalue weighted by Gasteiger charge is -2.18. The number of carbonyl (C=O) groups is 1. The zero-order chi connectivity index (χ0) is 32.2. The molecule has 0 spiro atoms. The van der Waals surface area contributed by atoms with Crippen LogP contribution in [0.3, 0.4) is 0 Å². The first kappa shape index (κ1) is 37.5. The number of carboxylic acid groups (broad SMARTS) is 1. The van der Waals surface area contributed by atoms with Gasteiger partial charge in [-0.05, 0) is 68.4 Å². The number of rotatable bonds is 18. The second kappa shape index (κ2) is 21.1. The predicted octanol–water partition coefficient (Wildman–Crippen LogP) is 10.4. The van der Waals surface area contributed by atoms with Crippen LogP contribution in [0.15, 0.2) is 87.5 Å². The Hall–Kier alpha value is -2.73. The maximum absolute atomic E-state index is 10.5. The summed E-state index contributed by atoms with van der Waals surface area (Å²) < 4.78 is 31.5. The van der Waals surface area contributed by atoms with Gasteiger partial charge in [0.2, 0.25) is 0 Å². The van der Waals surface area contributed by atoms with Crippen molar-refractivity contribution in [3.63, 3.8) is 0 Å². The summed E-state index contributed by atoms with van der Waals surface area (Å²) in [6.45, 7) is 6.95. The summed E-state index contributed by atoms with van der Waals surface area (Å²) in [5.74, 6) is -3.01. The largest absolute Gasteiger partial charge is 0.542 e. The Morgan fingerprint density at radius 2 is 0.977 bits per heavy atom. The number of aryl methyl sites for hydroxylation is 3. The van der Waals surface area contributed by atoms with E-state index in [1.807, 2.05) is 0 Å². The summed E-state index contributed by atoms with van der Waals surface area (Å²) in [5.41, 5.74) is 4.84. The molecule has 3 aromatic rings. The van der Waals surface area contributed by atoms with Crippen LogP contribution in [-0.2, 0) is 35.0 Å². The minimum Gasteiger partial charge on any atom is -0.542 e. The van der Waals surface area contributed by atoms with Crippen molar-refractivity contribution in [2.24, 2.45) is 0 Å². The van der Waals surface area contributed by atoms with E-state index in [1.54, 1.807) is 21.6 Å². The van der Waals surface area contributed by atoms with Crippen molar-refractivity contribution in [3.05, 3.63) is 89.5 Å². The Morgan fingerprint density at radius 3 is 1.32 bits per heavy atom. The molecule has 3 rings (SSSR count). The van der Waals surface area contributed by atoms with Gasteiger partial charge in [0.05, 0.1) is 10.9 Å². The van der Waals surface area contributed by atoms with Crippen LogP contribution >= 0.6 is 0 Å². The van der Waals surface area contributed by atoms with Gasteiger partial charge < -0.3 is 9.90 Å². The molecule has 0 N–H and O–H groups in total. The molecule has 0 fully saturated rings. The van der Waals surface area contributed by atoms with E-state index in [9.17, 15) is 13.2 Å². The zero-order valence-corrected chi connectivity index (χ0v) is 27.7. The molecule has 44 heavy (non-hydrogen) atoms. The molecular weight excluding hydrogens is 577 g/mol. The molecule has 0 heterocycles. The van der Waals surface area contributed by atoms with E-state index in [0.29, 0.717) is 0 Å². The van der Waals surface area contributed by atoms with Crippen LogP contribution in [-0.4, -0.2) is 12.1 Å². The normalized spacial score (nSPS) is 11.3. The van der Waals surface area contributed by atoms with Gasteiger partial charge in [0, 0.05) is 11.1 Å². The summed E-state index contributed by atoms with van der Waals surface area (Å²) in [6.07, 6.45) is 14.4. The average Bonchev–Trinajstić information content (AvgIpc) is 3.02. The Kier molecular flexibility index (Phi) is 17.9. The topological polar surface area (TPSA) is 40.1 Å². The third-order valence-electron chi connectivity index (χ3n) is 7.61. The standard InChI is InChI=1S/C36H51S.C2HF3O2/c1-4-7-10-15-22-31-29-32(23-16-11-8-5-2)36(33(30-31)24-17-12-9-6-3)37(34-25-18-13-19-26-34)35-27-20-14-21-28-35;3-2(4,5)1(6)7/h13-14,18-21,25-30H,4-12,15-17,22-24H2,1-3H3;(H,6,7)/q+1;/p-1. The van der Waals surface area contributed by atoms with Crippen molar-refractivity contribution in [2.75, 3.05) is 0 Å². The summed E-state index contributed by atoms with van der Waals surface area (Å²) in [5, 5.41) is 8.78. The smallest absolute Gasteiger partial charge is 0.430 e. The molecule has 0 unspecified atom stereocenters. The monoisotopic (exact) mass is 628 g/mol. The highest BCUT2D eigenvalue weighted by Crippen LogP contribution is 2.38. The number of carbonyl (C=O) groups excluding carboxylic acids is 1. The molecule has 2 nitrogen and oxygen atoms in total. The highest BCUT2D eigenvalue weighted by atomic mass is 32.2. The van der Waals surface area contributed by atoms with Gasteiger partial charge in [-0.25, -0.2) is 0 Å². The molecule has 0 atom stereocenters. The quantitative estimate of drug-likeness (QED) is 0.104. The maximum Gasteiger partial charge on any atom is 0.430 e. The molecule has 0 aliphatic carbocycles. The van der Waals surface area contributed by atoms with Crippen LogP contribution in [0.5, 0.6) is 0 Å². The summed E-state index contributed by atoms with van der Waals surface area (Å²) in [6, 6.07) is 27.9. The second-order valence-electron chi connectivity index (χ2n) is 11.4. The number of hydrogen-bond donors (Lipinski definition) is 0. The lowest BCUT2D eigenvalue weighted by Crippen LogP contribution is -2.37. The molecule has 0 aliphatic heterocycles. The van der Waals surface area contributed by atoms with Crippen LogP contribution in [0, 0.1) is 0 Å². The lowest BCUT2D eigenvalue weighted by molar-refractivity contribution is -0.344. The molecule has 6 heteroatoms. The highest BCUT2D eigenvalue weighted by Gasteiger charge is 2.34. The number of alkyl halides is 3. The van der Waals surface area contributed by atoms with Gasteiger partial charge in [0.1, 0.15) is 5.97 Å². The Morgan fingerprint density at radius 1 is 0.614 bits per heavy atom. The van der Waals surface area contributed by atoms with Crippen LogP contribution in [0.25, 0.3) is 0 Å². The fourth-order valence-corrected chi connectivity index (χ4v) is 7.78. The molecule has 0 aromatic heterocycles. The van der Waals surface area contributed by atoms with Crippen molar-refractivity contribution in [1.82, 2.24) is 0 Å². The van der Waals surface area contributed by atoms with E-state index in [0.717, 1.165) is 0 Å². The number of hydrogen-bond acceptors (Lipinski definition) is 2. The van der Waals surface area contributed by atoms with E-state index >= 15 is 0 Å². The SMILES string of the molecule is CCCCCCc1cc(CCCCCC)c([S+](c2ccccc2)c2ccccc2)c(CCCCCC)c1.O=C([O-])C(F)(F)F.